The second-order valence-corrected chi connectivity index (χ2v) is 7.09. The first-order valence-electron chi connectivity index (χ1n) is 6.25. The fourth-order valence-corrected chi connectivity index (χ4v) is 3.10. The number of nitrogens with zero attached hydrogens (tertiary/aromatic N) is 2. The molecule has 0 aromatic carbocycles. The summed E-state index contributed by atoms with van der Waals surface area (Å²) in [5, 5.41) is 3.42. The topological polar surface area (TPSA) is 16.1 Å². The summed E-state index contributed by atoms with van der Waals surface area (Å²) < 4.78 is 0. The van der Waals surface area contributed by atoms with Gasteiger partial charge in [0.2, 0.25) is 0 Å². The number of hydrogen-bond acceptors (Lipinski definition) is 3. The summed E-state index contributed by atoms with van der Waals surface area (Å²) in [7, 11) is 0. The quantitative estimate of drug-likeness (QED) is 0.761. The molecule has 1 aliphatic rings. The second-order valence-electron chi connectivity index (χ2n) is 5.77. The maximum Gasteiger partial charge on any atom is 0.107 e. The zero-order chi connectivity index (χ0) is 12.5. The molecule has 1 aromatic heterocycles. The molecule has 0 unspecified atom stereocenters. The van der Waals surface area contributed by atoms with E-state index in [4.69, 9.17) is 16.6 Å². The van der Waals surface area contributed by atoms with Crippen molar-refractivity contribution in [3.8, 4) is 0 Å². The smallest absolute Gasteiger partial charge is 0.107 e. The van der Waals surface area contributed by atoms with E-state index < -0.39 is 0 Å². The summed E-state index contributed by atoms with van der Waals surface area (Å²) >= 11 is 7.63. The lowest BCUT2D eigenvalue weighted by molar-refractivity contribution is 0.270. The Balaban J connectivity index is 1.99. The standard InChI is InChI=1S/C13H21ClN2S/c1-13(2,3)11-9-17-12(15-11)8-16(7-6-14)10-4-5-10/h9-10H,4-8H2,1-3H3. The normalized spacial score (nSPS) is 16.8. The van der Waals surface area contributed by atoms with Crippen molar-refractivity contribution in [3.63, 3.8) is 0 Å². The van der Waals surface area contributed by atoms with Gasteiger partial charge in [0.05, 0.1) is 12.2 Å². The number of rotatable bonds is 5. The first-order valence-corrected chi connectivity index (χ1v) is 7.67. The van der Waals surface area contributed by atoms with E-state index in [0.29, 0.717) is 5.88 Å². The fourth-order valence-electron chi connectivity index (χ4n) is 1.84. The Hall–Kier alpha value is -0.120. The van der Waals surface area contributed by atoms with Gasteiger partial charge in [-0.3, -0.25) is 4.90 Å². The van der Waals surface area contributed by atoms with Crippen molar-refractivity contribution < 1.29 is 0 Å². The maximum atomic E-state index is 5.85. The lowest BCUT2D eigenvalue weighted by Gasteiger charge is -2.19. The largest absolute Gasteiger partial charge is 0.293 e. The van der Waals surface area contributed by atoms with Crippen LogP contribution in [0.15, 0.2) is 5.38 Å². The van der Waals surface area contributed by atoms with Crippen LogP contribution in [0.3, 0.4) is 0 Å². The molecule has 2 rings (SSSR count). The predicted octanol–water partition coefficient (Wildman–Crippen LogP) is 3.64. The van der Waals surface area contributed by atoms with Crippen molar-refractivity contribution in [1.82, 2.24) is 9.88 Å². The van der Waals surface area contributed by atoms with E-state index in [1.165, 1.54) is 23.5 Å². The van der Waals surface area contributed by atoms with Crippen LogP contribution in [0, 0.1) is 0 Å². The van der Waals surface area contributed by atoms with Crippen LogP contribution in [-0.2, 0) is 12.0 Å². The third-order valence-electron chi connectivity index (χ3n) is 3.09. The average molecular weight is 273 g/mol. The highest BCUT2D eigenvalue weighted by Crippen LogP contribution is 2.30. The van der Waals surface area contributed by atoms with Gasteiger partial charge in [-0.2, -0.15) is 0 Å². The van der Waals surface area contributed by atoms with Crippen LogP contribution >= 0.6 is 22.9 Å². The molecule has 17 heavy (non-hydrogen) atoms. The van der Waals surface area contributed by atoms with E-state index in [2.05, 4.69) is 31.1 Å². The molecule has 0 aliphatic heterocycles. The molecule has 0 saturated heterocycles. The van der Waals surface area contributed by atoms with E-state index in [1.54, 1.807) is 11.3 Å². The number of halogens is 1. The van der Waals surface area contributed by atoms with Crippen LogP contribution in [0.1, 0.15) is 44.3 Å². The van der Waals surface area contributed by atoms with Crippen LogP contribution in [0.4, 0.5) is 0 Å². The van der Waals surface area contributed by atoms with Crippen molar-refractivity contribution in [1.29, 1.82) is 0 Å². The average Bonchev–Trinajstić information content (AvgIpc) is 2.96. The molecule has 4 heteroatoms. The molecule has 0 atom stereocenters. The first kappa shape index (κ1) is 13.3. The van der Waals surface area contributed by atoms with Gasteiger partial charge >= 0.3 is 0 Å². The van der Waals surface area contributed by atoms with Crippen molar-refractivity contribution in [2.75, 3.05) is 12.4 Å². The summed E-state index contributed by atoms with van der Waals surface area (Å²) in [5.41, 5.74) is 1.37. The number of hydrogen-bond donors (Lipinski definition) is 0. The zero-order valence-electron chi connectivity index (χ0n) is 10.9. The molecule has 96 valence electrons. The Morgan fingerprint density at radius 2 is 2.18 bits per heavy atom. The Morgan fingerprint density at radius 1 is 1.47 bits per heavy atom. The predicted molar refractivity (Wildman–Crippen MR) is 75.0 cm³/mol. The summed E-state index contributed by atoms with van der Waals surface area (Å²) in [5.74, 6) is 0.716. The second kappa shape index (κ2) is 5.25. The maximum absolute atomic E-state index is 5.85. The lowest BCUT2D eigenvalue weighted by Crippen LogP contribution is -2.27. The first-order chi connectivity index (χ1) is 8.00. The molecule has 0 radical (unpaired) electrons. The minimum absolute atomic E-state index is 0.158. The van der Waals surface area contributed by atoms with Crippen molar-refractivity contribution in [2.24, 2.45) is 0 Å². The molecule has 1 aromatic rings. The van der Waals surface area contributed by atoms with Crippen molar-refractivity contribution in [2.45, 2.75) is 51.6 Å². The molecule has 0 spiro atoms. The van der Waals surface area contributed by atoms with Gasteiger partial charge in [0.1, 0.15) is 5.01 Å². The minimum Gasteiger partial charge on any atom is -0.293 e. The van der Waals surface area contributed by atoms with Gasteiger partial charge in [0.15, 0.2) is 0 Å². The molecule has 0 amide bonds. The summed E-state index contributed by atoms with van der Waals surface area (Å²) in [6.45, 7) is 8.59. The summed E-state index contributed by atoms with van der Waals surface area (Å²) in [6.07, 6.45) is 2.66. The van der Waals surface area contributed by atoms with Gasteiger partial charge in [-0.25, -0.2) is 4.98 Å². The van der Waals surface area contributed by atoms with Gasteiger partial charge < -0.3 is 0 Å². The minimum atomic E-state index is 0.158. The molecule has 2 nitrogen and oxygen atoms in total. The van der Waals surface area contributed by atoms with E-state index in [-0.39, 0.29) is 5.41 Å². The van der Waals surface area contributed by atoms with E-state index in [9.17, 15) is 0 Å². The number of aromatic nitrogens is 1. The Kier molecular flexibility index (Phi) is 4.11. The fraction of sp³-hybridized carbons (Fsp3) is 0.769. The summed E-state index contributed by atoms with van der Waals surface area (Å²) in [6, 6.07) is 0.760. The van der Waals surface area contributed by atoms with Gasteiger partial charge in [-0.15, -0.1) is 22.9 Å². The Morgan fingerprint density at radius 3 is 2.65 bits per heavy atom. The van der Waals surface area contributed by atoms with Gasteiger partial charge in [0, 0.05) is 29.3 Å². The molecule has 0 bridgehead atoms. The third-order valence-corrected chi connectivity index (χ3v) is 4.10. The van der Waals surface area contributed by atoms with Crippen LogP contribution in [-0.4, -0.2) is 28.4 Å². The molecule has 1 saturated carbocycles. The molecular weight excluding hydrogens is 252 g/mol. The highest BCUT2D eigenvalue weighted by Gasteiger charge is 2.29. The molecule has 1 fully saturated rings. The number of thiazole rings is 1. The van der Waals surface area contributed by atoms with Crippen molar-refractivity contribution in [3.05, 3.63) is 16.1 Å². The van der Waals surface area contributed by atoms with Crippen molar-refractivity contribution >= 4 is 22.9 Å². The van der Waals surface area contributed by atoms with Gasteiger partial charge in [-0.1, -0.05) is 20.8 Å². The van der Waals surface area contributed by atoms with E-state index >= 15 is 0 Å². The highest BCUT2D eigenvalue weighted by molar-refractivity contribution is 7.09. The van der Waals surface area contributed by atoms with Gasteiger partial charge in [-0.05, 0) is 12.8 Å². The van der Waals surface area contributed by atoms with Crippen LogP contribution in [0.2, 0.25) is 0 Å². The molecular formula is C13H21ClN2S. The monoisotopic (exact) mass is 272 g/mol. The zero-order valence-corrected chi connectivity index (χ0v) is 12.4. The molecule has 1 aliphatic carbocycles. The van der Waals surface area contributed by atoms with E-state index in [0.717, 1.165) is 19.1 Å². The SMILES string of the molecule is CC(C)(C)c1csc(CN(CCCl)C2CC2)n1. The lowest BCUT2D eigenvalue weighted by atomic mass is 9.93. The number of alkyl halides is 1. The summed E-state index contributed by atoms with van der Waals surface area (Å²) in [4.78, 5) is 7.22. The van der Waals surface area contributed by atoms with Crippen LogP contribution in [0.5, 0.6) is 0 Å². The van der Waals surface area contributed by atoms with Gasteiger partial charge in [0.25, 0.3) is 0 Å². The van der Waals surface area contributed by atoms with E-state index in [1.807, 2.05) is 0 Å². The van der Waals surface area contributed by atoms with Crippen LogP contribution < -0.4 is 0 Å². The molecule has 0 N–H and O–H groups in total. The Labute approximate surface area is 113 Å². The highest BCUT2D eigenvalue weighted by atomic mass is 35.5. The Bertz CT molecular complexity index is 366. The molecule has 1 heterocycles. The third kappa shape index (κ3) is 3.67. The van der Waals surface area contributed by atoms with Crippen LogP contribution in [0.25, 0.3) is 0 Å².